The van der Waals surface area contributed by atoms with Crippen molar-refractivity contribution in [2.75, 3.05) is 0 Å². The van der Waals surface area contributed by atoms with Crippen LogP contribution in [0, 0.1) is 0 Å². The van der Waals surface area contributed by atoms with Crippen LogP contribution in [0.4, 0.5) is 12.9 Å². The molecule has 1 aliphatic rings. The van der Waals surface area contributed by atoms with Gasteiger partial charge in [-0.1, -0.05) is 41.9 Å². The van der Waals surface area contributed by atoms with Crippen molar-refractivity contribution in [3.63, 3.8) is 0 Å². The third-order valence-corrected chi connectivity index (χ3v) is 3.75. The standard InChI is InChI=1S/C16H15BF3O.K/c18-17(19,20)16-14-9-5-4-6-12(14)10-11-15(16)21-13-7-2-1-3-8-13;/h2,4-7,9-11,13H,1,3,8H2;/q-1;+1. The molecule has 0 radical (unpaired) electrons. The molecule has 0 amide bonds. The summed E-state index contributed by atoms with van der Waals surface area (Å²) in [5.74, 6) is -0.0576. The minimum absolute atomic E-state index is 0. The molecule has 0 fully saturated rings. The van der Waals surface area contributed by atoms with E-state index in [1.54, 1.807) is 24.3 Å². The molecule has 2 aromatic carbocycles. The number of hydrogen-bond acceptors (Lipinski definition) is 1. The fourth-order valence-electron chi connectivity index (χ4n) is 2.76. The van der Waals surface area contributed by atoms with E-state index in [0.717, 1.165) is 19.3 Å². The zero-order chi connectivity index (χ0) is 14.9. The van der Waals surface area contributed by atoms with Gasteiger partial charge < -0.3 is 17.7 Å². The van der Waals surface area contributed by atoms with Gasteiger partial charge in [-0.2, -0.15) is 0 Å². The van der Waals surface area contributed by atoms with Crippen LogP contribution in [0.2, 0.25) is 0 Å². The number of rotatable bonds is 3. The number of halogens is 3. The zero-order valence-corrected chi connectivity index (χ0v) is 15.6. The Bertz CT molecular complexity index is 685. The van der Waals surface area contributed by atoms with E-state index in [2.05, 4.69) is 0 Å². The van der Waals surface area contributed by atoms with Gasteiger partial charge in [-0.05, 0) is 42.2 Å². The Morgan fingerprint density at radius 2 is 1.82 bits per heavy atom. The molecule has 2 aromatic rings. The van der Waals surface area contributed by atoms with Crippen LogP contribution in [0.15, 0.2) is 48.6 Å². The molecule has 22 heavy (non-hydrogen) atoms. The molecule has 0 heterocycles. The SMILES string of the molecule is F[B-](F)(F)c1c(OC2C=CCCC2)ccc2ccccc12.[K+]. The van der Waals surface area contributed by atoms with E-state index in [0.29, 0.717) is 5.39 Å². The Hall–Kier alpha value is -0.269. The van der Waals surface area contributed by atoms with E-state index in [9.17, 15) is 12.9 Å². The second-order valence-corrected chi connectivity index (χ2v) is 5.29. The van der Waals surface area contributed by atoms with Gasteiger partial charge in [0.15, 0.2) is 0 Å². The van der Waals surface area contributed by atoms with E-state index in [1.165, 1.54) is 12.1 Å². The van der Waals surface area contributed by atoms with Crippen LogP contribution < -0.4 is 61.6 Å². The van der Waals surface area contributed by atoms with Gasteiger partial charge in [0.25, 0.3) is 0 Å². The fraction of sp³-hybridized carbons (Fsp3) is 0.250. The Morgan fingerprint density at radius 3 is 2.50 bits per heavy atom. The molecule has 0 saturated carbocycles. The van der Waals surface area contributed by atoms with Gasteiger partial charge in [0.05, 0.1) is 5.75 Å². The maximum atomic E-state index is 13.5. The maximum Gasteiger partial charge on any atom is 1.00 e. The molecule has 110 valence electrons. The van der Waals surface area contributed by atoms with Crippen LogP contribution in [0.1, 0.15) is 19.3 Å². The molecule has 6 heteroatoms. The van der Waals surface area contributed by atoms with Crippen molar-refractivity contribution in [2.24, 2.45) is 0 Å². The summed E-state index contributed by atoms with van der Waals surface area (Å²) in [5, 5.41) is 0.792. The molecule has 0 aromatic heterocycles. The fourth-order valence-corrected chi connectivity index (χ4v) is 2.76. The number of hydrogen-bond donors (Lipinski definition) is 0. The molecule has 1 atom stereocenters. The molecule has 0 aliphatic heterocycles. The van der Waals surface area contributed by atoms with Crippen LogP contribution in [-0.2, 0) is 0 Å². The summed E-state index contributed by atoms with van der Waals surface area (Å²) in [6.07, 6.45) is 6.22. The Labute approximate surface area is 170 Å². The molecule has 1 nitrogen and oxygen atoms in total. The molecular weight excluding hydrogens is 315 g/mol. The van der Waals surface area contributed by atoms with Crippen LogP contribution >= 0.6 is 0 Å². The number of fused-ring (bicyclic) bond motifs is 1. The first-order valence-corrected chi connectivity index (χ1v) is 7.10. The van der Waals surface area contributed by atoms with E-state index >= 15 is 0 Å². The first-order chi connectivity index (χ1) is 10.1. The van der Waals surface area contributed by atoms with Gasteiger partial charge in [0.1, 0.15) is 6.10 Å². The molecule has 3 rings (SSSR count). The summed E-state index contributed by atoms with van der Waals surface area (Å²) in [6, 6.07) is 9.67. The van der Waals surface area contributed by atoms with Crippen molar-refractivity contribution in [3.05, 3.63) is 48.6 Å². The first kappa shape index (κ1) is 18.1. The van der Waals surface area contributed by atoms with Crippen LogP contribution in [0.25, 0.3) is 10.8 Å². The summed E-state index contributed by atoms with van der Waals surface area (Å²) in [6.45, 7) is -5.13. The molecular formula is C16H15BF3KO. The van der Waals surface area contributed by atoms with E-state index < -0.39 is 12.4 Å². The summed E-state index contributed by atoms with van der Waals surface area (Å²) in [4.78, 5) is 0. The topological polar surface area (TPSA) is 9.23 Å². The summed E-state index contributed by atoms with van der Waals surface area (Å²) in [5.41, 5.74) is -0.618. The maximum absolute atomic E-state index is 13.5. The zero-order valence-electron chi connectivity index (χ0n) is 12.4. The quantitative estimate of drug-likeness (QED) is 0.610. The van der Waals surface area contributed by atoms with Gasteiger partial charge in [-0.3, -0.25) is 0 Å². The number of benzene rings is 2. The first-order valence-electron chi connectivity index (χ1n) is 7.10. The number of allylic oxidation sites excluding steroid dienone is 1. The second-order valence-electron chi connectivity index (χ2n) is 5.29. The van der Waals surface area contributed by atoms with Crippen LogP contribution in [0.3, 0.4) is 0 Å². The normalized spacial score (nSPS) is 18.0. The minimum atomic E-state index is -5.13. The van der Waals surface area contributed by atoms with Crippen LogP contribution in [-0.4, -0.2) is 13.1 Å². The van der Waals surface area contributed by atoms with Crippen LogP contribution in [0.5, 0.6) is 5.75 Å². The molecule has 0 bridgehead atoms. The van der Waals surface area contributed by atoms with Gasteiger partial charge in [0.2, 0.25) is 0 Å². The third-order valence-electron chi connectivity index (χ3n) is 3.75. The summed E-state index contributed by atoms with van der Waals surface area (Å²) < 4.78 is 46.1. The van der Waals surface area contributed by atoms with Gasteiger partial charge >= 0.3 is 58.4 Å². The van der Waals surface area contributed by atoms with Crippen molar-refractivity contribution in [1.29, 1.82) is 0 Å². The molecule has 0 spiro atoms. The molecule has 0 saturated heterocycles. The Balaban J connectivity index is 0.00000176. The number of ether oxygens (including phenoxy) is 1. The minimum Gasteiger partial charge on any atom is -0.489 e. The van der Waals surface area contributed by atoms with E-state index in [1.807, 2.05) is 12.2 Å². The predicted octanol–water partition coefficient (Wildman–Crippen LogP) is 1.39. The largest absolute Gasteiger partial charge is 1.00 e. The van der Waals surface area contributed by atoms with Gasteiger partial charge in [-0.25, -0.2) is 0 Å². The summed E-state index contributed by atoms with van der Waals surface area (Å²) in [7, 11) is 0. The van der Waals surface area contributed by atoms with Crippen molar-refractivity contribution in [2.45, 2.75) is 25.4 Å². The van der Waals surface area contributed by atoms with Crippen molar-refractivity contribution < 1.29 is 69.1 Å². The molecule has 1 unspecified atom stereocenters. The third kappa shape index (κ3) is 3.98. The average Bonchev–Trinajstić information content (AvgIpc) is 2.47. The van der Waals surface area contributed by atoms with Crippen molar-refractivity contribution in [1.82, 2.24) is 0 Å². The molecule has 0 N–H and O–H groups in total. The monoisotopic (exact) mass is 330 g/mol. The van der Waals surface area contributed by atoms with Gasteiger partial charge in [0, 0.05) is 0 Å². The Kier molecular flexibility index (Phi) is 6.19. The van der Waals surface area contributed by atoms with Crippen molar-refractivity contribution in [3.8, 4) is 5.75 Å². The Morgan fingerprint density at radius 1 is 1.05 bits per heavy atom. The van der Waals surface area contributed by atoms with Crippen molar-refractivity contribution >= 4 is 23.2 Å². The molecule has 1 aliphatic carbocycles. The van der Waals surface area contributed by atoms with E-state index in [4.69, 9.17) is 4.74 Å². The smallest absolute Gasteiger partial charge is 0.489 e. The van der Waals surface area contributed by atoms with E-state index in [-0.39, 0.29) is 68.6 Å². The van der Waals surface area contributed by atoms with Gasteiger partial charge in [-0.15, -0.1) is 0 Å². The predicted molar refractivity (Wildman–Crippen MR) is 80.1 cm³/mol. The second kappa shape index (κ2) is 7.53. The average molecular weight is 330 g/mol. The summed E-state index contributed by atoms with van der Waals surface area (Å²) >= 11 is 0.